The van der Waals surface area contributed by atoms with Gasteiger partial charge in [-0.05, 0) is 24.6 Å². The smallest absolute Gasteiger partial charge is 0.124 e. The van der Waals surface area contributed by atoms with Crippen LogP contribution in [0.25, 0.3) is 0 Å². The largest absolute Gasteiger partial charge is 0.207 e. The Morgan fingerprint density at radius 1 is 1.50 bits per heavy atom. The Morgan fingerprint density at radius 3 is 2.92 bits per heavy atom. The second-order valence-corrected chi connectivity index (χ2v) is 2.74. The third kappa shape index (κ3) is 2.28. The SMILES string of the molecule is Cc1ccc(F)cc1C#CCS. The Morgan fingerprint density at radius 2 is 2.25 bits per heavy atom. The minimum atomic E-state index is -0.246. The molecular formula is C10H9FS. The number of aryl methyl sites for hydroxylation is 1. The molecule has 0 unspecified atom stereocenters. The molecule has 0 aromatic heterocycles. The molecule has 1 rings (SSSR count). The molecule has 0 bridgehead atoms. The van der Waals surface area contributed by atoms with Crippen molar-refractivity contribution in [3.63, 3.8) is 0 Å². The van der Waals surface area contributed by atoms with Gasteiger partial charge >= 0.3 is 0 Å². The van der Waals surface area contributed by atoms with Crippen LogP contribution in [0.5, 0.6) is 0 Å². The highest BCUT2D eigenvalue weighted by atomic mass is 32.1. The summed E-state index contributed by atoms with van der Waals surface area (Å²) >= 11 is 3.94. The Hall–Kier alpha value is -0.940. The van der Waals surface area contributed by atoms with Crippen LogP contribution in [0.2, 0.25) is 0 Å². The predicted octanol–water partition coefficient (Wildman–Crippen LogP) is 2.42. The molecule has 0 radical (unpaired) electrons. The molecule has 0 nitrogen and oxygen atoms in total. The van der Waals surface area contributed by atoms with Gasteiger partial charge in [0.2, 0.25) is 0 Å². The molecule has 2 heteroatoms. The summed E-state index contributed by atoms with van der Waals surface area (Å²) in [4.78, 5) is 0. The summed E-state index contributed by atoms with van der Waals surface area (Å²) in [5.41, 5.74) is 1.73. The third-order valence-corrected chi connectivity index (χ3v) is 1.66. The van der Waals surface area contributed by atoms with Gasteiger partial charge in [0.25, 0.3) is 0 Å². The van der Waals surface area contributed by atoms with Crippen LogP contribution in [-0.4, -0.2) is 5.75 Å². The maximum atomic E-state index is 12.7. The molecule has 62 valence electrons. The lowest BCUT2D eigenvalue weighted by Gasteiger charge is -1.96. The molecular weight excluding hydrogens is 171 g/mol. The van der Waals surface area contributed by atoms with E-state index < -0.39 is 0 Å². The molecule has 0 heterocycles. The summed E-state index contributed by atoms with van der Waals surface area (Å²) in [5.74, 6) is 5.87. The standard InChI is InChI=1S/C10H9FS/c1-8-4-5-10(11)7-9(8)3-2-6-12/h4-5,7,12H,6H2,1H3. The van der Waals surface area contributed by atoms with Crippen LogP contribution in [0.3, 0.4) is 0 Å². The molecule has 0 amide bonds. The van der Waals surface area contributed by atoms with Crippen molar-refractivity contribution in [1.82, 2.24) is 0 Å². The number of hydrogen-bond donors (Lipinski definition) is 1. The van der Waals surface area contributed by atoms with Crippen molar-refractivity contribution in [3.05, 3.63) is 35.1 Å². The van der Waals surface area contributed by atoms with Crippen molar-refractivity contribution in [1.29, 1.82) is 0 Å². The van der Waals surface area contributed by atoms with E-state index in [1.807, 2.05) is 6.92 Å². The van der Waals surface area contributed by atoms with Gasteiger partial charge in [-0.1, -0.05) is 17.9 Å². The number of rotatable bonds is 0. The molecule has 12 heavy (non-hydrogen) atoms. The zero-order valence-corrected chi connectivity index (χ0v) is 7.66. The van der Waals surface area contributed by atoms with E-state index in [4.69, 9.17) is 0 Å². The molecule has 0 fully saturated rings. The van der Waals surface area contributed by atoms with Crippen LogP contribution in [0.15, 0.2) is 18.2 Å². The summed E-state index contributed by atoms with van der Waals surface area (Å²) in [5, 5.41) is 0. The van der Waals surface area contributed by atoms with E-state index in [0.29, 0.717) is 5.75 Å². The van der Waals surface area contributed by atoms with E-state index in [1.54, 1.807) is 6.07 Å². The minimum Gasteiger partial charge on any atom is -0.207 e. The Kier molecular flexibility index (Phi) is 3.19. The van der Waals surface area contributed by atoms with E-state index >= 15 is 0 Å². The second-order valence-electron chi connectivity index (χ2n) is 2.42. The first-order chi connectivity index (χ1) is 5.74. The van der Waals surface area contributed by atoms with Crippen LogP contribution in [0.1, 0.15) is 11.1 Å². The monoisotopic (exact) mass is 180 g/mol. The van der Waals surface area contributed by atoms with Gasteiger partial charge in [0.1, 0.15) is 5.82 Å². The second kappa shape index (κ2) is 4.18. The van der Waals surface area contributed by atoms with E-state index in [-0.39, 0.29) is 5.82 Å². The fourth-order valence-corrected chi connectivity index (χ4v) is 0.943. The molecule has 1 aromatic rings. The van der Waals surface area contributed by atoms with Crippen molar-refractivity contribution >= 4 is 12.6 Å². The van der Waals surface area contributed by atoms with E-state index in [1.165, 1.54) is 12.1 Å². The van der Waals surface area contributed by atoms with Crippen LogP contribution < -0.4 is 0 Å². The summed E-state index contributed by atoms with van der Waals surface area (Å²) in [6.07, 6.45) is 0. The first-order valence-electron chi connectivity index (χ1n) is 3.60. The molecule has 0 aliphatic heterocycles. The number of hydrogen-bond acceptors (Lipinski definition) is 1. The molecule has 1 aromatic carbocycles. The predicted molar refractivity (Wildman–Crippen MR) is 51.9 cm³/mol. The van der Waals surface area contributed by atoms with Crippen LogP contribution in [0.4, 0.5) is 4.39 Å². The fraction of sp³-hybridized carbons (Fsp3) is 0.200. The normalized spacial score (nSPS) is 8.92. The van der Waals surface area contributed by atoms with Crippen molar-refractivity contribution < 1.29 is 4.39 Å². The summed E-state index contributed by atoms with van der Waals surface area (Å²) in [6.45, 7) is 1.90. The Bertz CT molecular complexity index is 333. The molecule has 0 atom stereocenters. The molecule has 0 aliphatic rings. The average Bonchev–Trinajstić information content (AvgIpc) is 2.07. The lowest BCUT2D eigenvalue weighted by Crippen LogP contribution is -1.83. The van der Waals surface area contributed by atoms with Gasteiger partial charge in [-0.25, -0.2) is 4.39 Å². The maximum Gasteiger partial charge on any atom is 0.124 e. The number of halogens is 1. The van der Waals surface area contributed by atoms with E-state index in [9.17, 15) is 4.39 Å². The van der Waals surface area contributed by atoms with Gasteiger partial charge < -0.3 is 0 Å². The zero-order chi connectivity index (χ0) is 8.97. The maximum absolute atomic E-state index is 12.7. The lowest BCUT2D eigenvalue weighted by atomic mass is 10.1. The quantitative estimate of drug-likeness (QED) is 0.460. The van der Waals surface area contributed by atoms with Gasteiger partial charge in [-0.3, -0.25) is 0 Å². The van der Waals surface area contributed by atoms with Crippen LogP contribution in [0, 0.1) is 24.6 Å². The molecule has 0 saturated heterocycles. The highest BCUT2D eigenvalue weighted by Crippen LogP contribution is 2.08. The van der Waals surface area contributed by atoms with E-state index in [2.05, 4.69) is 24.5 Å². The highest BCUT2D eigenvalue weighted by Gasteiger charge is 1.95. The van der Waals surface area contributed by atoms with Gasteiger partial charge in [-0.2, -0.15) is 12.6 Å². The van der Waals surface area contributed by atoms with Crippen LogP contribution >= 0.6 is 12.6 Å². The minimum absolute atomic E-state index is 0.246. The van der Waals surface area contributed by atoms with E-state index in [0.717, 1.165) is 11.1 Å². The first kappa shape index (κ1) is 9.15. The van der Waals surface area contributed by atoms with Crippen molar-refractivity contribution in [3.8, 4) is 11.8 Å². The first-order valence-corrected chi connectivity index (χ1v) is 4.23. The van der Waals surface area contributed by atoms with Crippen molar-refractivity contribution in [2.24, 2.45) is 0 Å². The Labute approximate surface area is 77.2 Å². The number of benzene rings is 1. The third-order valence-electron chi connectivity index (χ3n) is 1.50. The topological polar surface area (TPSA) is 0 Å². The van der Waals surface area contributed by atoms with Crippen molar-refractivity contribution in [2.75, 3.05) is 5.75 Å². The highest BCUT2D eigenvalue weighted by molar-refractivity contribution is 7.80. The zero-order valence-electron chi connectivity index (χ0n) is 6.76. The molecule has 0 N–H and O–H groups in total. The fourth-order valence-electron chi connectivity index (χ4n) is 0.864. The van der Waals surface area contributed by atoms with Gasteiger partial charge in [0.15, 0.2) is 0 Å². The summed E-state index contributed by atoms with van der Waals surface area (Å²) in [6, 6.07) is 4.59. The van der Waals surface area contributed by atoms with Gasteiger partial charge in [0.05, 0.1) is 5.75 Å². The molecule has 0 spiro atoms. The summed E-state index contributed by atoms with van der Waals surface area (Å²) in [7, 11) is 0. The van der Waals surface area contributed by atoms with Gasteiger partial charge in [-0.15, -0.1) is 0 Å². The number of thiol groups is 1. The van der Waals surface area contributed by atoms with Crippen molar-refractivity contribution in [2.45, 2.75) is 6.92 Å². The summed E-state index contributed by atoms with van der Waals surface area (Å²) < 4.78 is 12.7. The van der Waals surface area contributed by atoms with Gasteiger partial charge in [0, 0.05) is 5.56 Å². The average molecular weight is 180 g/mol. The molecule has 0 saturated carbocycles. The Balaban J connectivity index is 3.05. The lowest BCUT2D eigenvalue weighted by molar-refractivity contribution is 0.627. The molecule has 0 aliphatic carbocycles. The van der Waals surface area contributed by atoms with Crippen LogP contribution in [-0.2, 0) is 0 Å².